The molecule has 17 heavy (non-hydrogen) atoms. The lowest BCUT2D eigenvalue weighted by Gasteiger charge is -2.46. The minimum absolute atomic E-state index is 0.0201. The average molecular weight is 235 g/mol. The number of carbonyl (C=O) groups is 1. The van der Waals surface area contributed by atoms with E-state index in [1.165, 1.54) is 0 Å². The zero-order valence-corrected chi connectivity index (χ0v) is 9.89. The maximum atomic E-state index is 12.0. The summed E-state index contributed by atoms with van der Waals surface area (Å²) in [5, 5.41) is 18.7. The van der Waals surface area contributed by atoms with E-state index in [9.17, 15) is 9.90 Å². The van der Waals surface area contributed by atoms with E-state index >= 15 is 0 Å². The largest absolute Gasteiger partial charge is 0.392 e. The van der Waals surface area contributed by atoms with Crippen LogP contribution in [0.15, 0.2) is 24.3 Å². The molecule has 1 aromatic carbocycles. The monoisotopic (exact) mass is 235 g/mol. The smallest absolute Gasteiger partial charge is 0.254 e. The summed E-state index contributed by atoms with van der Waals surface area (Å²) >= 11 is 0. The minimum atomic E-state index is -0.694. The number of benzene rings is 1. The van der Waals surface area contributed by atoms with Crippen molar-refractivity contribution in [2.75, 3.05) is 13.1 Å². The molecule has 0 saturated carbocycles. The van der Waals surface area contributed by atoms with Crippen LogP contribution in [0.1, 0.15) is 29.3 Å². The second-order valence-corrected chi connectivity index (χ2v) is 4.59. The number of β-amino-alcohol motifs (C(OH)–C–C–N with tert-alkyl or cyclic N) is 1. The number of hydrogen-bond donors (Lipinski definition) is 2. The minimum Gasteiger partial charge on any atom is -0.392 e. The predicted molar refractivity (Wildman–Crippen MR) is 63.5 cm³/mol. The standard InChI is InChI=1S/C13H17NO3/c1-2-13(17)8-14(9-13)12(16)11-5-3-10(7-15)4-6-11/h3-6,15,17H,2,7-9H2,1H3. The average Bonchev–Trinajstić information content (AvgIpc) is 2.34. The van der Waals surface area contributed by atoms with Crippen LogP contribution in [0.5, 0.6) is 0 Å². The maximum Gasteiger partial charge on any atom is 0.254 e. The second-order valence-electron chi connectivity index (χ2n) is 4.59. The van der Waals surface area contributed by atoms with Gasteiger partial charge in [-0.15, -0.1) is 0 Å². The molecule has 2 N–H and O–H groups in total. The van der Waals surface area contributed by atoms with Crippen molar-refractivity contribution in [3.63, 3.8) is 0 Å². The Morgan fingerprint density at radius 3 is 2.41 bits per heavy atom. The summed E-state index contributed by atoms with van der Waals surface area (Å²) in [4.78, 5) is 13.6. The first-order chi connectivity index (χ1) is 8.08. The number of hydrogen-bond acceptors (Lipinski definition) is 3. The molecule has 1 aromatic rings. The van der Waals surface area contributed by atoms with Crippen molar-refractivity contribution in [1.82, 2.24) is 4.90 Å². The lowest BCUT2D eigenvalue weighted by Crippen LogP contribution is -2.63. The molecule has 92 valence electrons. The van der Waals surface area contributed by atoms with Crippen molar-refractivity contribution in [2.45, 2.75) is 25.6 Å². The van der Waals surface area contributed by atoms with Gasteiger partial charge in [0.1, 0.15) is 0 Å². The fourth-order valence-corrected chi connectivity index (χ4v) is 1.97. The van der Waals surface area contributed by atoms with Crippen LogP contribution in [0.2, 0.25) is 0 Å². The Bertz CT molecular complexity index is 407. The molecular formula is C13H17NO3. The van der Waals surface area contributed by atoms with Crippen LogP contribution in [0.25, 0.3) is 0 Å². The van der Waals surface area contributed by atoms with Gasteiger partial charge in [0.25, 0.3) is 5.91 Å². The van der Waals surface area contributed by atoms with Crippen LogP contribution in [0.3, 0.4) is 0 Å². The maximum absolute atomic E-state index is 12.0. The highest BCUT2D eigenvalue weighted by molar-refractivity contribution is 5.95. The number of rotatable bonds is 3. The summed E-state index contributed by atoms with van der Waals surface area (Å²) in [5.41, 5.74) is 0.691. The summed E-state index contributed by atoms with van der Waals surface area (Å²) in [6, 6.07) is 6.88. The summed E-state index contributed by atoms with van der Waals surface area (Å²) in [6.07, 6.45) is 0.667. The van der Waals surface area contributed by atoms with Crippen molar-refractivity contribution in [3.05, 3.63) is 35.4 Å². The molecular weight excluding hydrogens is 218 g/mol. The topological polar surface area (TPSA) is 60.8 Å². The van der Waals surface area contributed by atoms with Gasteiger partial charge in [-0.3, -0.25) is 4.79 Å². The number of nitrogens with zero attached hydrogens (tertiary/aromatic N) is 1. The normalized spacial score (nSPS) is 17.7. The van der Waals surface area contributed by atoms with Gasteiger partial charge in [0.05, 0.1) is 25.3 Å². The first kappa shape index (κ1) is 12.1. The van der Waals surface area contributed by atoms with E-state index in [4.69, 9.17) is 5.11 Å². The Labute approximate surface area is 100 Å². The summed E-state index contributed by atoms with van der Waals surface area (Å²) in [7, 11) is 0. The third-order valence-electron chi connectivity index (χ3n) is 3.30. The van der Waals surface area contributed by atoms with Gasteiger partial charge in [-0.05, 0) is 24.1 Å². The fourth-order valence-electron chi connectivity index (χ4n) is 1.97. The van der Waals surface area contributed by atoms with E-state index in [0.717, 1.165) is 5.56 Å². The van der Waals surface area contributed by atoms with E-state index in [2.05, 4.69) is 0 Å². The number of aliphatic hydroxyl groups is 2. The van der Waals surface area contributed by atoms with Gasteiger partial charge < -0.3 is 15.1 Å². The lowest BCUT2D eigenvalue weighted by molar-refractivity contribution is -0.0826. The third kappa shape index (κ3) is 2.33. The Kier molecular flexibility index (Phi) is 3.17. The zero-order valence-electron chi connectivity index (χ0n) is 9.89. The first-order valence-corrected chi connectivity index (χ1v) is 5.79. The first-order valence-electron chi connectivity index (χ1n) is 5.79. The van der Waals surface area contributed by atoms with Crippen LogP contribution in [0, 0.1) is 0 Å². The van der Waals surface area contributed by atoms with E-state index in [0.29, 0.717) is 25.1 Å². The highest BCUT2D eigenvalue weighted by Crippen LogP contribution is 2.25. The molecule has 1 aliphatic heterocycles. The van der Waals surface area contributed by atoms with Gasteiger partial charge in [0.15, 0.2) is 0 Å². The van der Waals surface area contributed by atoms with Crippen LogP contribution < -0.4 is 0 Å². The van der Waals surface area contributed by atoms with Crippen LogP contribution >= 0.6 is 0 Å². The quantitative estimate of drug-likeness (QED) is 0.813. The lowest BCUT2D eigenvalue weighted by atomic mass is 9.90. The molecule has 1 amide bonds. The van der Waals surface area contributed by atoms with E-state index in [-0.39, 0.29) is 12.5 Å². The molecule has 0 aliphatic carbocycles. The van der Waals surface area contributed by atoms with Crippen molar-refractivity contribution in [3.8, 4) is 0 Å². The van der Waals surface area contributed by atoms with E-state index in [1.807, 2.05) is 6.92 Å². The predicted octanol–water partition coefficient (Wildman–Crippen LogP) is 0.776. The Morgan fingerprint density at radius 1 is 1.35 bits per heavy atom. The van der Waals surface area contributed by atoms with Gasteiger partial charge in [-0.25, -0.2) is 0 Å². The van der Waals surface area contributed by atoms with Crippen LogP contribution in [0.4, 0.5) is 0 Å². The molecule has 1 aliphatic rings. The SMILES string of the molecule is CCC1(O)CN(C(=O)c2ccc(CO)cc2)C1. The molecule has 2 rings (SSSR count). The molecule has 1 heterocycles. The van der Waals surface area contributed by atoms with E-state index < -0.39 is 5.60 Å². The third-order valence-corrected chi connectivity index (χ3v) is 3.30. The fraction of sp³-hybridized carbons (Fsp3) is 0.462. The number of amides is 1. The second kappa shape index (κ2) is 4.47. The van der Waals surface area contributed by atoms with Gasteiger partial charge >= 0.3 is 0 Å². The molecule has 0 bridgehead atoms. The molecule has 0 aromatic heterocycles. The van der Waals surface area contributed by atoms with Crippen LogP contribution in [-0.2, 0) is 6.61 Å². The van der Waals surface area contributed by atoms with Gasteiger partial charge in [-0.1, -0.05) is 19.1 Å². The highest BCUT2D eigenvalue weighted by Gasteiger charge is 2.42. The Balaban J connectivity index is 2.01. The van der Waals surface area contributed by atoms with Crippen molar-refractivity contribution in [2.24, 2.45) is 0 Å². The van der Waals surface area contributed by atoms with Crippen molar-refractivity contribution < 1.29 is 15.0 Å². The molecule has 4 nitrogen and oxygen atoms in total. The molecule has 4 heteroatoms. The Hall–Kier alpha value is -1.39. The molecule has 0 spiro atoms. The van der Waals surface area contributed by atoms with Crippen LogP contribution in [-0.4, -0.2) is 39.7 Å². The van der Waals surface area contributed by atoms with Gasteiger partial charge in [0, 0.05) is 5.56 Å². The van der Waals surface area contributed by atoms with Gasteiger partial charge in [-0.2, -0.15) is 0 Å². The summed E-state index contributed by atoms with van der Waals surface area (Å²) in [6.45, 7) is 2.71. The molecule has 0 unspecified atom stereocenters. The van der Waals surface area contributed by atoms with Crippen molar-refractivity contribution >= 4 is 5.91 Å². The zero-order chi connectivity index (χ0) is 12.5. The number of carbonyl (C=O) groups excluding carboxylic acids is 1. The number of likely N-dealkylation sites (tertiary alicyclic amines) is 1. The molecule has 1 fully saturated rings. The van der Waals surface area contributed by atoms with Gasteiger partial charge in [0.2, 0.25) is 0 Å². The Morgan fingerprint density at radius 2 is 1.94 bits per heavy atom. The summed E-state index contributed by atoms with van der Waals surface area (Å²) < 4.78 is 0. The number of aliphatic hydroxyl groups excluding tert-OH is 1. The molecule has 0 radical (unpaired) electrons. The highest BCUT2D eigenvalue weighted by atomic mass is 16.3. The molecule has 1 saturated heterocycles. The molecule has 0 atom stereocenters. The summed E-state index contributed by atoms with van der Waals surface area (Å²) in [5.74, 6) is -0.0624. The van der Waals surface area contributed by atoms with E-state index in [1.54, 1.807) is 29.2 Å². The van der Waals surface area contributed by atoms with Crippen molar-refractivity contribution in [1.29, 1.82) is 0 Å².